The van der Waals surface area contributed by atoms with Gasteiger partial charge in [0.1, 0.15) is 4.90 Å². The first kappa shape index (κ1) is 16.7. The van der Waals surface area contributed by atoms with Crippen molar-refractivity contribution >= 4 is 15.7 Å². The zero-order valence-corrected chi connectivity index (χ0v) is 11.6. The normalized spacial score (nSPS) is 12.9. The lowest BCUT2D eigenvalue weighted by atomic mass is 10.1. The largest absolute Gasteiger partial charge is 0.398 e. The van der Waals surface area contributed by atoms with E-state index >= 15 is 0 Å². The Bertz CT molecular complexity index is 603. The van der Waals surface area contributed by atoms with Gasteiger partial charge in [0.15, 0.2) is 0 Å². The van der Waals surface area contributed by atoms with E-state index in [9.17, 15) is 26.0 Å². The number of benzene rings is 1. The van der Waals surface area contributed by atoms with Crippen LogP contribution in [0.5, 0.6) is 0 Å². The van der Waals surface area contributed by atoms with Gasteiger partial charge in [-0.3, -0.25) is 0 Å². The molecular formula is C11H14F4N2O2S. The first-order chi connectivity index (χ1) is 8.97. The molecule has 0 radical (unpaired) electrons. The topological polar surface area (TPSA) is 72.2 Å². The highest BCUT2D eigenvalue weighted by molar-refractivity contribution is 7.89. The van der Waals surface area contributed by atoms with Crippen molar-refractivity contribution in [3.63, 3.8) is 0 Å². The van der Waals surface area contributed by atoms with E-state index in [2.05, 4.69) is 0 Å². The van der Waals surface area contributed by atoms with Gasteiger partial charge in [0.25, 0.3) is 0 Å². The standard InChI is InChI=1S/C11H14F4N2O2S/c1-6-3-8(16)9(4-7(6)2)20(18,19)17-5-11(14,15)10(12)13/h3-4,10,17H,5,16H2,1-2H3. The van der Waals surface area contributed by atoms with Crippen LogP contribution in [0.1, 0.15) is 11.1 Å². The molecule has 0 bridgehead atoms. The Morgan fingerprint density at radius 2 is 1.75 bits per heavy atom. The molecule has 0 atom stereocenters. The molecule has 114 valence electrons. The molecule has 0 aromatic heterocycles. The number of hydrogen-bond acceptors (Lipinski definition) is 3. The van der Waals surface area contributed by atoms with Crippen LogP contribution in [0, 0.1) is 13.8 Å². The molecule has 0 spiro atoms. The molecule has 9 heteroatoms. The molecular weight excluding hydrogens is 300 g/mol. The highest BCUT2D eigenvalue weighted by Gasteiger charge is 2.41. The number of rotatable bonds is 5. The minimum Gasteiger partial charge on any atom is -0.398 e. The number of alkyl halides is 4. The van der Waals surface area contributed by atoms with Crippen molar-refractivity contribution in [1.82, 2.24) is 4.72 Å². The number of anilines is 1. The molecule has 0 saturated carbocycles. The highest BCUT2D eigenvalue weighted by Crippen LogP contribution is 2.25. The van der Waals surface area contributed by atoms with Gasteiger partial charge in [-0.05, 0) is 37.1 Å². The quantitative estimate of drug-likeness (QED) is 0.645. The van der Waals surface area contributed by atoms with E-state index in [-0.39, 0.29) is 5.69 Å². The number of aryl methyl sites for hydroxylation is 2. The number of nitrogens with two attached hydrogens (primary N) is 1. The van der Waals surface area contributed by atoms with Crippen LogP contribution in [0.3, 0.4) is 0 Å². The summed E-state index contributed by atoms with van der Waals surface area (Å²) in [4.78, 5) is -0.411. The van der Waals surface area contributed by atoms with Gasteiger partial charge in [0.2, 0.25) is 10.0 Å². The molecule has 3 N–H and O–H groups in total. The summed E-state index contributed by atoms with van der Waals surface area (Å²) in [5.74, 6) is -4.44. The van der Waals surface area contributed by atoms with Crippen molar-refractivity contribution in [3.8, 4) is 0 Å². The fourth-order valence-corrected chi connectivity index (χ4v) is 2.63. The van der Waals surface area contributed by atoms with E-state index in [1.807, 2.05) is 0 Å². The lowest BCUT2D eigenvalue weighted by molar-refractivity contribution is -0.122. The SMILES string of the molecule is Cc1cc(N)c(S(=O)(=O)NCC(F)(F)C(F)F)cc1C. The molecule has 0 unspecified atom stereocenters. The summed E-state index contributed by atoms with van der Waals surface area (Å²) in [5.41, 5.74) is 6.69. The summed E-state index contributed by atoms with van der Waals surface area (Å²) < 4.78 is 74.5. The first-order valence-electron chi connectivity index (χ1n) is 5.50. The van der Waals surface area contributed by atoms with Gasteiger partial charge in [-0.2, -0.15) is 8.78 Å². The van der Waals surface area contributed by atoms with Gasteiger partial charge < -0.3 is 5.73 Å². The van der Waals surface area contributed by atoms with Crippen LogP contribution in [-0.2, 0) is 10.0 Å². The zero-order chi connectivity index (χ0) is 15.7. The van der Waals surface area contributed by atoms with Gasteiger partial charge in [0.05, 0.1) is 12.2 Å². The second kappa shape index (κ2) is 5.57. The van der Waals surface area contributed by atoms with Crippen molar-refractivity contribution in [2.24, 2.45) is 0 Å². The molecule has 1 aromatic carbocycles. The molecule has 0 saturated heterocycles. The number of sulfonamides is 1. The van der Waals surface area contributed by atoms with Crippen molar-refractivity contribution in [1.29, 1.82) is 0 Å². The van der Waals surface area contributed by atoms with E-state index in [0.717, 1.165) is 5.56 Å². The Morgan fingerprint density at radius 3 is 2.25 bits per heavy atom. The average Bonchev–Trinajstić information content (AvgIpc) is 2.31. The Labute approximate surface area is 114 Å². The molecule has 4 nitrogen and oxygen atoms in total. The molecule has 0 aliphatic heterocycles. The van der Waals surface area contributed by atoms with E-state index in [1.54, 1.807) is 13.8 Å². The minimum atomic E-state index is -4.44. The van der Waals surface area contributed by atoms with Crippen LogP contribution in [0.2, 0.25) is 0 Å². The maximum absolute atomic E-state index is 12.7. The molecule has 0 aliphatic carbocycles. The molecule has 0 amide bonds. The van der Waals surface area contributed by atoms with Crippen molar-refractivity contribution in [3.05, 3.63) is 23.3 Å². The van der Waals surface area contributed by atoms with Crippen molar-refractivity contribution in [2.75, 3.05) is 12.3 Å². The Hall–Kier alpha value is -1.35. The fraction of sp³-hybridized carbons (Fsp3) is 0.455. The summed E-state index contributed by atoms with van der Waals surface area (Å²) in [5, 5.41) is 0. The van der Waals surface area contributed by atoms with Gasteiger partial charge in [-0.25, -0.2) is 21.9 Å². The smallest absolute Gasteiger partial charge is 0.320 e. The number of nitrogens with one attached hydrogen (secondary N) is 1. The van der Waals surface area contributed by atoms with E-state index in [1.165, 1.54) is 16.9 Å². The number of halogens is 4. The third-order valence-electron chi connectivity index (χ3n) is 2.73. The average molecular weight is 314 g/mol. The third kappa shape index (κ3) is 3.60. The van der Waals surface area contributed by atoms with Crippen LogP contribution in [0.15, 0.2) is 17.0 Å². The van der Waals surface area contributed by atoms with Gasteiger partial charge in [0, 0.05) is 0 Å². The van der Waals surface area contributed by atoms with Crippen molar-refractivity contribution in [2.45, 2.75) is 31.1 Å². The molecule has 0 aliphatic rings. The second-order valence-electron chi connectivity index (χ2n) is 4.36. The molecule has 0 heterocycles. The number of hydrogen-bond donors (Lipinski definition) is 2. The van der Waals surface area contributed by atoms with Crippen LogP contribution >= 0.6 is 0 Å². The van der Waals surface area contributed by atoms with Crippen LogP contribution in [-0.4, -0.2) is 27.3 Å². The first-order valence-corrected chi connectivity index (χ1v) is 6.98. The monoisotopic (exact) mass is 314 g/mol. The molecule has 0 fully saturated rings. The highest BCUT2D eigenvalue weighted by atomic mass is 32.2. The Balaban J connectivity index is 3.04. The predicted octanol–water partition coefficient (Wildman–Crippen LogP) is 2.06. The summed E-state index contributed by atoms with van der Waals surface area (Å²) in [6, 6.07) is 2.57. The number of nitrogen functional groups attached to an aromatic ring is 1. The minimum absolute atomic E-state index is 0.138. The maximum atomic E-state index is 12.7. The lowest BCUT2D eigenvalue weighted by Crippen LogP contribution is -2.41. The molecule has 1 aromatic rings. The van der Waals surface area contributed by atoms with Gasteiger partial charge in [-0.15, -0.1) is 0 Å². The predicted molar refractivity (Wildman–Crippen MR) is 66.5 cm³/mol. The lowest BCUT2D eigenvalue weighted by Gasteiger charge is -2.17. The maximum Gasteiger partial charge on any atom is 0.320 e. The summed E-state index contributed by atoms with van der Waals surface area (Å²) in [6.07, 6.45) is -3.96. The summed E-state index contributed by atoms with van der Waals surface area (Å²) in [6.45, 7) is 1.61. The van der Waals surface area contributed by atoms with E-state index in [4.69, 9.17) is 5.73 Å². The second-order valence-corrected chi connectivity index (χ2v) is 6.10. The molecule has 20 heavy (non-hydrogen) atoms. The Kier molecular flexibility index (Phi) is 4.65. The molecule has 1 rings (SSSR count). The summed E-state index contributed by atoms with van der Waals surface area (Å²) in [7, 11) is -4.39. The van der Waals surface area contributed by atoms with Crippen LogP contribution in [0.25, 0.3) is 0 Å². The van der Waals surface area contributed by atoms with Crippen LogP contribution < -0.4 is 10.5 Å². The van der Waals surface area contributed by atoms with E-state index < -0.39 is 33.8 Å². The fourth-order valence-electron chi connectivity index (χ4n) is 1.39. The van der Waals surface area contributed by atoms with Gasteiger partial charge >= 0.3 is 12.3 Å². The summed E-state index contributed by atoms with van der Waals surface area (Å²) >= 11 is 0. The zero-order valence-electron chi connectivity index (χ0n) is 10.8. The Morgan fingerprint density at radius 1 is 1.25 bits per heavy atom. The van der Waals surface area contributed by atoms with Crippen LogP contribution in [0.4, 0.5) is 23.2 Å². The van der Waals surface area contributed by atoms with E-state index in [0.29, 0.717) is 5.56 Å². The van der Waals surface area contributed by atoms with Gasteiger partial charge in [-0.1, -0.05) is 0 Å². The van der Waals surface area contributed by atoms with Crippen molar-refractivity contribution < 1.29 is 26.0 Å². The third-order valence-corrected chi connectivity index (χ3v) is 4.19.